The van der Waals surface area contributed by atoms with Gasteiger partial charge in [-0.3, -0.25) is 4.68 Å². The lowest BCUT2D eigenvalue weighted by molar-refractivity contribution is 0.564. The predicted octanol–water partition coefficient (Wildman–Crippen LogP) is 3.28. The SMILES string of the molecule is CCCCn1nc2c(N)nc3ccccc3c2c1C. The van der Waals surface area contributed by atoms with E-state index in [1.165, 1.54) is 5.69 Å². The second-order valence-electron chi connectivity index (χ2n) is 4.90. The van der Waals surface area contributed by atoms with Crippen molar-refractivity contribution >= 4 is 27.6 Å². The third-order valence-corrected chi connectivity index (χ3v) is 3.59. The van der Waals surface area contributed by atoms with E-state index in [-0.39, 0.29) is 0 Å². The Balaban J connectivity index is 2.33. The molecule has 2 aromatic heterocycles. The van der Waals surface area contributed by atoms with Crippen molar-refractivity contribution in [1.29, 1.82) is 0 Å². The van der Waals surface area contributed by atoms with Gasteiger partial charge in [0.05, 0.1) is 5.52 Å². The van der Waals surface area contributed by atoms with Gasteiger partial charge in [-0.15, -0.1) is 0 Å². The van der Waals surface area contributed by atoms with Crippen LogP contribution >= 0.6 is 0 Å². The van der Waals surface area contributed by atoms with Crippen LogP contribution in [0.2, 0.25) is 0 Å². The van der Waals surface area contributed by atoms with E-state index in [0.29, 0.717) is 5.82 Å². The topological polar surface area (TPSA) is 56.7 Å². The summed E-state index contributed by atoms with van der Waals surface area (Å²) in [5, 5.41) is 6.90. The maximum absolute atomic E-state index is 6.05. The smallest absolute Gasteiger partial charge is 0.152 e. The zero-order chi connectivity index (χ0) is 13.4. The average molecular weight is 254 g/mol. The molecule has 0 spiro atoms. The Labute approximate surface area is 112 Å². The second-order valence-corrected chi connectivity index (χ2v) is 4.90. The molecule has 19 heavy (non-hydrogen) atoms. The largest absolute Gasteiger partial charge is 0.382 e. The van der Waals surface area contributed by atoms with E-state index in [0.717, 1.165) is 41.2 Å². The molecule has 0 bridgehead atoms. The Kier molecular flexibility index (Phi) is 2.85. The van der Waals surface area contributed by atoms with Crippen molar-refractivity contribution in [2.24, 2.45) is 0 Å². The summed E-state index contributed by atoms with van der Waals surface area (Å²) >= 11 is 0. The molecule has 0 aliphatic carbocycles. The molecule has 3 rings (SSSR count). The molecule has 0 unspecified atom stereocenters. The third kappa shape index (κ3) is 1.84. The molecule has 0 saturated carbocycles. The van der Waals surface area contributed by atoms with Gasteiger partial charge in [-0.25, -0.2) is 4.98 Å². The number of nitrogen functional groups attached to an aromatic ring is 1. The second kappa shape index (κ2) is 4.53. The highest BCUT2D eigenvalue weighted by atomic mass is 15.3. The van der Waals surface area contributed by atoms with Crippen LogP contribution in [-0.4, -0.2) is 14.8 Å². The van der Waals surface area contributed by atoms with Gasteiger partial charge in [-0.1, -0.05) is 31.5 Å². The molecule has 0 amide bonds. The molecule has 2 heterocycles. The lowest BCUT2D eigenvalue weighted by Gasteiger charge is -2.03. The van der Waals surface area contributed by atoms with Gasteiger partial charge in [-0.2, -0.15) is 5.10 Å². The Bertz CT molecular complexity index is 743. The number of aromatic nitrogens is 3. The maximum Gasteiger partial charge on any atom is 0.152 e. The normalized spacial score (nSPS) is 11.5. The van der Waals surface area contributed by atoms with Crippen LogP contribution in [0.15, 0.2) is 24.3 Å². The molecule has 0 atom stereocenters. The number of aryl methyl sites for hydroxylation is 2. The number of nitrogens with two attached hydrogens (primary N) is 1. The van der Waals surface area contributed by atoms with Crippen molar-refractivity contribution in [3.05, 3.63) is 30.0 Å². The van der Waals surface area contributed by atoms with Gasteiger partial charge in [0.1, 0.15) is 5.52 Å². The highest BCUT2D eigenvalue weighted by Gasteiger charge is 2.14. The fraction of sp³-hybridized carbons (Fsp3) is 0.333. The first kappa shape index (κ1) is 12.0. The summed E-state index contributed by atoms with van der Waals surface area (Å²) in [4.78, 5) is 4.44. The van der Waals surface area contributed by atoms with Gasteiger partial charge in [0, 0.05) is 23.0 Å². The average Bonchev–Trinajstić information content (AvgIpc) is 2.75. The maximum atomic E-state index is 6.05. The van der Waals surface area contributed by atoms with E-state index in [2.05, 4.69) is 34.7 Å². The Hall–Kier alpha value is -2.10. The van der Waals surface area contributed by atoms with Crippen LogP contribution in [0.3, 0.4) is 0 Å². The van der Waals surface area contributed by atoms with Crippen molar-refractivity contribution in [3.63, 3.8) is 0 Å². The number of para-hydroxylation sites is 1. The minimum atomic E-state index is 0.520. The number of hydrogen-bond donors (Lipinski definition) is 1. The van der Waals surface area contributed by atoms with Crippen LogP contribution in [0.5, 0.6) is 0 Å². The van der Waals surface area contributed by atoms with Crippen molar-refractivity contribution in [3.8, 4) is 0 Å². The molecule has 0 aliphatic rings. The van der Waals surface area contributed by atoms with Gasteiger partial charge < -0.3 is 5.73 Å². The van der Waals surface area contributed by atoms with Gasteiger partial charge in [0.2, 0.25) is 0 Å². The number of nitrogens with zero attached hydrogens (tertiary/aromatic N) is 3. The van der Waals surface area contributed by atoms with Gasteiger partial charge in [0.25, 0.3) is 0 Å². The van der Waals surface area contributed by atoms with Gasteiger partial charge in [-0.05, 0) is 19.4 Å². The van der Waals surface area contributed by atoms with Crippen LogP contribution in [0, 0.1) is 6.92 Å². The van der Waals surface area contributed by atoms with E-state index in [1.807, 2.05) is 18.2 Å². The van der Waals surface area contributed by atoms with Crippen LogP contribution in [0.4, 0.5) is 5.82 Å². The summed E-state index contributed by atoms with van der Waals surface area (Å²) in [7, 11) is 0. The quantitative estimate of drug-likeness (QED) is 0.780. The number of unbranched alkanes of at least 4 members (excludes halogenated alkanes) is 1. The molecule has 4 heteroatoms. The minimum Gasteiger partial charge on any atom is -0.382 e. The zero-order valence-corrected chi connectivity index (χ0v) is 11.3. The van der Waals surface area contributed by atoms with Gasteiger partial charge >= 0.3 is 0 Å². The standard InChI is InChI=1S/C15H18N4/c1-3-4-9-19-10(2)13-11-7-5-6-8-12(11)17-15(16)14(13)18-19/h5-8H,3-4,9H2,1-2H3,(H2,16,17). The summed E-state index contributed by atoms with van der Waals surface area (Å²) in [5.41, 5.74) is 8.98. The summed E-state index contributed by atoms with van der Waals surface area (Å²) in [6.07, 6.45) is 2.28. The number of benzene rings is 1. The number of anilines is 1. The Morgan fingerprint density at radius 2 is 2.05 bits per heavy atom. The molecule has 2 N–H and O–H groups in total. The van der Waals surface area contributed by atoms with Crippen molar-refractivity contribution in [2.75, 3.05) is 5.73 Å². The Morgan fingerprint density at radius 1 is 1.26 bits per heavy atom. The highest BCUT2D eigenvalue weighted by molar-refractivity contribution is 6.09. The number of hydrogen-bond acceptors (Lipinski definition) is 3. The monoisotopic (exact) mass is 254 g/mol. The highest BCUT2D eigenvalue weighted by Crippen LogP contribution is 2.29. The molecule has 0 saturated heterocycles. The predicted molar refractivity (Wildman–Crippen MR) is 79.1 cm³/mol. The van der Waals surface area contributed by atoms with Crippen LogP contribution in [0.25, 0.3) is 21.8 Å². The number of pyridine rings is 1. The third-order valence-electron chi connectivity index (χ3n) is 3.59. The minimum absolute atomic E-state index is 0.520. The number of rotatable bonds is 3. The fourth-order valence-electron chi connectivity index (χ4n) is 2.54. The first-order valence-electron chi connectivity index (χ1n) is 6.73. The molecule has 4 nitrogen and oxygen atoms in total. The van der Waals surface area contributed by atoms with E-state index >= 15 is 0 Å². The lowest BCUT2D eigenvalue weighted by atomic mass is 10.1. The van der Waals surface area contributed by atoms with Crippen molar-refractivity contribution < 1.29 is 0 Å². The zero-order valence-electron chi connectivity index (χ0n) is 11.3. The van der Waals surface area contributed by atoms with Crippen molar-refractivity contribution in [2.45, 2.75) is 33.2 Å². The van der Waals surface area contributed by atoms with E-state index in [9.17, 15) is 0 Å². The molecular formula is C15H18N4. The number of fused-ring (bicyclic) bond motifs is 3. The first-order valence-corrected chi connectivity index (χ1v) is 6.73. The molecule has 1 aromatic carbocycles. The summed E-state index contributed by atoms with van der Waals surface area (Å²) in [6, 6.07) is 8.09. The lowest BCUT2D eigenvalue weighted by Crippen LogP contribution is -2.01. The van der Waals surface area contributed by atoms with Crippen LogP contribution in [-0.2, 0) is 6.54 Å². The summed E-state index contributed by atoms with van der Waals surface area (Å²) in [5.74, 6) is 0.520. The fourth-order valence-corrected chi connectivity index (χ4v) is 2.54. The summed E-state index contributed by atoms with van der Waals surface area (Å²) in [6.45, 7) is 5.23. The molecule has 0 fully saturated rings. The van der Waals surface area contributed by atoms with E-state index in [4.69, 9.17) is 5.73 Å². The molecule has 0 radical (unpaired) electrons. The molecule has 98 valence electrons. The Morgan fingerprint density at radius 3 is 2.84 bits per heavy atom. The summed E-state index contributed by atoms with van der Waals surface area (Å²) < 4.78 is 2.05. The van der Waals surface area contributed by atoms with Gasteiger partial charge in [0.15, 0.2) is 5.82 Å². The van der Waals surface area contributed by atoms with Crippen LogP contribution < -0.4 is 5.73 Å². The van der Waals surface area contributed by atoms with Crippen LogP contribution in [0.1, 0.15) is 25.5 Å². The first-order chi connectivity index (χ1) is 9.22. The van der Waals surface area contributed by atoms with E-state index in [1.54, 1.807) is 0 Å². The molecule has 3 aromatic rings. The van der Waals surface area contributed by atoms with E-state index < -0.39 is 0 Å². The molecular weight excluding hydrogens is 236 g/mol. The molecule has 0 aliphatic heterocycles. The van der Waals surface area contributed by atoms with Crippen molar-refractivity contribution in [1.82, 2.24) is 14.8 Å².